The maximum absolute atomic E-state index is 13.5. The molecule has 0 saturated heterocycles. The molecule has 1 aliphatic heterocycles. The Labute approximate surface area is 195 Å². The molecule has 1 aromatic carbocycles. The quantitative estimate of drug-likeness (QED) is 0.579. The van der Waals surface area contributed by atoms with Crippen molar-refractivity contribution in [3.05, 3.63) is 84.5 Å². The van der Waals surface area contributed by atoms with Crippen LogP contribution in [0, 0.1) is 0 Å². The molecule has 1 unspecified atom stereocenters. The van der Waals surface area contributed by atoms with Crippen molar-refractivity contribution in [2.75, 3.05) is 13.1 Å². The van der Waals surface area contributed by atoms with E-state index in [2.05, 4.69) is 22.5 Å². The van der Waals surface area contributed by atoms with E-state index in [4.69, 9.17) is 4.42 Å². The number of carbonyl (C=O) groups is 2. The fourth-order valence-electron chi connectivity index (χ4n) is 4.70. The molecule has 6 heteroatoms. The van der Waals surface area contributed by atoms with Gasteiger partial charge in [-0.15, -0.1) is 0 Å². The van der Waals surface area contributed by atoms with Gasteiger partial charge in [-0.05, 0) is 49.2 Å². The van der Waals surface area contributed by atoms with E-state index in [0.717, 1.165) is 50.8 Å². The molecule has 2 heterocycles. The van der Waals surface area contributed by atoms with Crippen molar-refractivity contribution < 1.29 is 14.0 Å². The lowest BCUT2D eigenvalue weighted by Crippen LogP contribution is -2.48. The number of amides is 2. The smallest absolute Gasteiger partial charge is 0.251 e. The SMILES string of the molecule is O=C(NCc1ccccc1)C(c1ccco1)N(C(=O)CCCN1C=CC=CC1)C1CCCC1. The van der Waals surface area contributed by atoms with Crippen molar-refractivity contribution in [1.29, 1.82) is 0 Å². The maximum atomic E-state index is 13.5. The van der Waals surface area contributed by atoms with Crippen LogP contribution in [0.1, 0.15) is 55.9 Å². The van der Waals surface area contributed by atoms with Gasteiger partial charge in [0.2, 0.25) is 5.91 Å². The molecule has 1 fully saturated rings. The molecule has 2 amide bonds. The first-order valence-electron chi connectivity index (χ1n) is 12.0. The molecule has 33 heavy (non-hydrogen) atoms. The van der Waals surface area contributed by atoms with Gasteiger partial charge in [0.25, 0.3) is 5.91 Å². The van der Waals surface area contributed by atoms with Crippen LogP contribution >= 0.6 is 0 Å². The highest BCUT2D eigenvalue weighted by atomic mass is 16.3. The van der Waals surface area contributed by atoms with Crippen molar-refractivity contribution in [2.24, 2.45) is 0 Å². The highest BCUT2D eigenvalue weighted by Crippen LogP contribution is 2.33. The summed E-state index contributed by atoms with van der Waals surface area (Å²) in [4.78, 5) is 31.0. The number of carbonyl (C=O) groups excluding carboxylic acids is 2. The second-order valence-electron chi connectivity index (χ2n) is 8.73. The molecule has 1 aromatic heterocycles. The van der Waals surface area contributed by atoms with E-state index in [1.165, 1.54) is 0 Å². The topological polar surface area (TPSA) is 65.8 Å². The predicted octanol–water partition coefficient (Wildman–Crippen LogP) is 4.57. The second-order valence-corrected chi connectivity index (χ2v) is 8.73. The Bertz CT molecular complexity index is 946. The first kappa shape index (κ1) is 22.9. The Kier molecular flexibility index (Phi) is 8.01. The summed E-state index contributed by atoms with van der Waals surface area (Å²) in [6.07, 6.45) is 14.9. The zero-order valence-corrected chi connectivity index (χ0v) is 19.1. The summed E-state index contributed by atoms with van der Waals surface area (Å²) in [6, 6.07) is 12.7. The first-order valence-corrected chi connectivity index (χ1v) is 12.0. The van der Waals surface area contributed by atoms with Gasteiger partial charge in [-0.2, -0.15) is 0 Å². The summed E-state index contributed by atoms with van der Waals surface area (Å²) in [7, 11) is 0. The molecular formula is C27H33N3O3. The molecule has 2 aliphatic rings. The minimum Gasteiger partial charge on any atom is -0.467 e. The van der Waals surface area contributed by atoms with Crippen LogP contribution in [0.25, 0.3) is 0 Å². The molecule has 1 N–H and O–H groups in total. The number of benzene rings is 1. The lowest BCUT2D eigenvalue weighted by atomic mass is 10.1. The van der Waals surface area contributed by atoms with Crippen molar-refractivity contribution in [3.8, 4) is 0 Å². The van der Waals surface area contributed by atoms with Crippen LogP contribution in [0.5, 0.6) is 0 Å². The van der Waals surface area contributed by atoms with Crippen LogP contribution in [-0.4, -0.2) is 40.7 Å². The van der Waals surface area contributed by atoms with Crippen LogP contribution in [-0.2, 0) is 16.1 Å². The van der Waals surface area contributed by atoms with E-state index in [9.17, 15) is 9.59 Å². The molecule has 0 bridgehead atoms. The third-order valence-electron chi connectivity index (χ3n) is 6.37. The first-order chi connectivity index (χ1) is 16.2. The zero-order chi connectivity index (χ0) is 22.9. The van der Waals surface area contributed by atoms with Gasteiger partial charge in [0.05, 0.1) is 6.26 Å². The maximum Gasteiger partial charge on any atom is 0.251 e. The summed E-state index contributed by atoms with van der Waals surface area (Å²) >= 11 is 0. The Morgan fingerprint density at radius 1 is 1.09 bits per heavy atom. The third kappa shape index (κ3) is 6.15. The number of nitrogens with one attached hydrogen (secondary N) is 1. The number of hydrogen-bond acceptors (Lipinski definition) is 4. The van der Waals surface area contributed by atoms with E-state index >= 15 is 0 Å². The van der Waals surface area contributed by atoms with Gasteiger partial charge in [0, 0.05) is 32.1 Å². The average Bonchev–Trinajstić information content (AvgIpc) is 3.57. The van der Waals surface area contributed by atoms with E-state index in [1.807, 2.05) is 47.4 Å². The minimum absolute atomic E-state index is 0.0229. The molecule has 174 valence electrons. The van der Waals surface area contributed by atoms with Crippen molar-refractivity contribution in [3.63, 3.8) is 0 Å². The molecule has 2 aromatic rings. The zero-order valence-electron chi connectivity index (χ0n) is 19.1. The van der Waals surface area contributed by atoms with Gasteiger partial charge in [0.1, 0.15) is 5.76 Å². The third-order valence-corrected chi connectivity index (χ3v) is 6.37. The normalized spacial score (nSPS) is 16.7. The van der Waals surface area contributed by atoms with Gasteiger partial charge >= 0.3 is 0 Å². The van der Waals surface area contributed by atoms with Crippen LogP contribution < -0.4 is 5.32 Å². The standard InChI is InChI=1S/C27H33N3O3/c31-25(16-9-19-29-17-7-2-8-18-29)30(23-13-5-6-14-23)26(24-15-10-20-33-24)27(32)28-21-22-11-3-1-4-12-22/h1-4,7-8,10-12,15,17,20,23,26H,5-6,9,13-14,16,18-19,21H2,(H,28,32). The summed E-state index contributed by atoms with van der Waals surface area (Å²) in [5.41, 5.74) is 1.02. The van der Waals surface area contributed by atoms with Crippen LogP contribution in [0.3, 0.4) is 0 Å². The summed E-state index contributed by atoms with van der Waals surface area (Å²) in [5, 5.41) is 3.04. The molecule has 4 rings (SSSR count). The highest BCUT2D eigenvalue weighted by Gasteiger charge is 2.38. The van der Waals surface area contributed by atoms with E-state index in [1.54, 1.807) is 18.4 Å². The number of nitrogens with zero attached hydrogens (tertiary/aromatic N) is 2. The second kappa shape index (κ2) is 11.5. The lowest BCUT2D eigenvalue weighted by Gasteiger charge is -2.35. The molecule has 0 radical (unpaired) electrons. The summed E-state index contributed by atoms with van der Waals surface area (Å²) in [5.74, 6) is 0.345. The molecule has 6 nitrogen and oxygen atoms in total. The number of rotatable bonds is 10. The monoisotopic (exact) mass is 447 g/mol. The molecule has 0 spiro atoms. The fourth-order valence-corrected chi connectivity index (χ4v) is 4.70. The molecule has 1 saturated carbocycles. The van der Waals surface area contributed by atoms with Gasteiger partial charge in [-0.1, -0.05) is 55.3 Å². The van der Waals surface area contributed by atoms with E-state index in [0.29, 0.717) is 18.7 Å². The largest absolute Gasteiger partial charge is 0.467 e. The molecular weight excluding hydrogens is 414 g/mol. The molecule has 1 atom stereocenters. The van der Waals surface area contributed by atoms with E-state index < -0.39 is 6.04 Å². The number of hydrogen-bond donors (Lipinski definition) is 1. The summed E-state index contributed by atoms with van der Waals surface area (Å²) < 4.78 is 5.68. The van der Waals surface area contributed by atoms with E-state index in [-0.39, 0.29) is 17.9 Å². The molecule has 1 aliphatic carbocycles. The Balaban J connectivity index is 1.48. The van der Waals surface area contributed by atoms with Crippen LogP contribution in [0.4, 0.5) is 0 Å². The highest BCUT2D eigenvalue weighted by molar-refractivity contribution is 5.88. The lowest BCUT2D eigenvalue weighted by molar-refractivity contribution is -0.144. The van der Waals surface area contributed by atoms with Crippen LogP contribution in [0.15, 0.2) is 77.6 Å². The summed E-state index contributed by atoms with van der Waals surface area (Å²) in [6.45, 7) is 2.10. The van der Waals surface area contributed by atoms with Gasteiger partial charge in [0.15, 0.2) is 6.04 Å². The Hall–Kier alpha value is -3.28. The minimum atomic E-state index is -0.753. The fraction of sp³-hybridized carbons (Fsp3) is 0.407. The van der Waals surface area contributed by atoms with Crippen molar-refractivity contribution >= 4 is 11.8 Å². The van der Waals surface area contributed by atoms with Crippen molar-refractivity contribution in [2.45, 2.75) is 57.2 Å². The predicted molar refractivity (Wildman–Crippen MR) is 128 cm³/mol. The number of allylic oxidation sites excluding steroid dienone is 2. The van der Waals surface area contributed by atoms with Gasteiger partial charge in [-0.25, -0.2) is 0 Å². The van der Waals surface area contributed by atoms with Crippen molar-refractivity contribution in [1.82, 2.24) is 15.1 Å². The van der Waals surface area contributed by atoms with Crippen LogP contribution in [0.2, 0.25) is 0 Å². The van der Waals surface area contributed by atoms with Gasteiger partial charge in [-0.3, -0.25) is 9.59 Å². The Morgan fingerprint density at radius 3 is 2.61 bits per heavy atom. The van der Waals surface area contributed by atoms with Gasteiger partial charge < -0.3 is 19.5 Å². The Morgan fingerprint density at radius 2 is 1.91 bits per heavy atom. The average molecular weight is 448 g/mol. The number of furan rings is 1.